The van der Waals surface area contributed by atoms with Gasteiger partial charge in [-0.1, -0.05) is 160 Å². The fourth-order valence-electron chi connectivity index (χ4n) is 7.22. The van der Waals surface area contributed by atoms with Crippen LogP contribution in [0.1, 0.15) is 178 Å². The molecule has 1 unspecified atom stereocenters. The normalized spacial score (nSPS) is 13.8. The topological polar surface area (TPSA) is 23.5 Å². The molecule has 0 bridgehead atoms. The zero-order chi connectivity index (χ0) is 29.7. The van der Waals surface area contributed by atoms with Gasteiger partial charge in [0.15, 0.2) is 0 Å². The highest BCUT2D eigenvalue weighted by Gasteiger charge is 2.20. The summed E-state index contributed by atoms with van der Waals surface area (Å²) >= 11 is 0. The lowest BCUT2D eigenvalue weighted by Gasteiger charge is -2.27. The maximum absolute atomic E-state index is 11.7. The van der Waals surface area contributed by atoms with Crippen LogP contribution in [-0.2, 0) is 12.8 Å². The fraction of sp³-hybridized carbons (Fsp3) is 0.750. The third kappa shape index (κ3) is 14.7. The minimum atomic E-state index is -0.409. The van der Waals surface area contributed by atoms with Crippen molar-refractivity contribution in [1.82, 2.24) is 4.90 Å². The maximum Gasteiger partial charge on any atom is 0.0923 e. The van der Waals surface area contributed by atoms with E-state index in [1.54, 1.807) is 5.56 Å². The monoisotopic (exact) mass is 613 g/mol. The summed E-state index contributed by atoms with van der Waals surface area (Å²) in [5.41, 5.74) is 4.20. The molecule has 0 spiro atoms. The van der Waals surface area contributed by atoms with E-state index in [0.717, 1.165) is 19.6 Å². The molecule has 0 heterocycles. The van der Waals surface area contributed by atoms with Crippen LogP contribution in [0, 0.1) is 0 Å². The molecule has 1 aliphatic rings. The summed E-state index contributed by atoms with van der Waals surface area (Å²) in [5.74, 6) is 0. The van der Waals surface area contributed by atoms with Crippen molar-refractivity contribution in [3.8, 4) is 0 Å². The Morgan fingerprint density at radius 1 is 0.605 bits per heavy atom. The van der Waals surface area contributed by atoms with Crippen molar-refractivity contribution in [2.24, 2.45) is 0 Å². The molecule has 1 aliphatic carbocycles. The van der Waals surface area contributed by atoms with E-state index < -0.39 is 6.10 Å². The van der Waals surface area contributed by atoms with Gasteiger partial charge in [-0.25, -0.2) is 0 Å². The lowest BCUT2D eigenvalue weighted by Crippen LogP contribution is -2.31. The van der Waals surface area contributed by atoms with Crippen LogP contribution in [0.3, 0.4) is 0 Å². The molecular formula is C40H68ClNO. The summed E-state index contributed by atoms with van der Waals surface area (Å²) in [6, 6.07) is 11.2. The van der Waals surface area contributed by atoms with Gasteiger partial charge < -0.3 is 10.0 Å². The highest BCUT2D eigenvalue weighted by molar-refractivity contribution is 5.90. The summed E-state index contributed by atoms with van der Waals surface area (Å²) in [6.45, 7) is 7.64. The van der Waals surface area contributed by atoms with Gasteiger partial charge in [0.25, 0.3) is 0 Å². The lowest BCUT2D eigenvalue weighted by molar-refractivity contribution is 0.111. The van der Waals surface area contributed by atoms with E-state index in [2.05, 4.69) is 49.1 Å². The molecule has 3 heteroatoms. The standard InChI is InChI=1S/C40H67NO.ClH/c1-3-5-7-9-11-13-15-17-19-25-31-41(32-26-20-18-16-14-12-10-8-6-4-2)34-40(42)39-33-35-27-21-22-28-36(35)37-29-23-24-30-38(37)39;/h23-24,29-30,33,40,42H,3-22,25-28,31-32,34H2,1-2H3;1H. The molecule has 1 atom stereocenters. The van der Waals surface area contributed by atoms with Gasteiger partial charge in [-0.3, -0.25) is 0 Å². The van der Waals surface area contributed by atoms with Crippen LogP contribution in [-0.4, -0.2) is 29.6 Å². The summed E-state index contributed by atoms with van der Waals surface area (Å²) in [7, 11) is 0. The minimum absolute atomic E-state index is 0. The first-order valence-electron chi connectivity index (χ1n) is 18.7. The van der Waals surface area contributed by atoms with Crippen LogP contribution in [0.25, 0.3) is 10.8 Å². The smallest absolute Gasteiger partial charge is 0.0923 e. The molecule has 2 aromatic carbocycles. The zero-order valence-electron chi connectivity index (χ0n) is 28.4. The van der Waals surface area contributed by atoms with Crippen LogP contribution in [0.2, 0.25) is 0 Å². The van der Waals surface area contributed by atoms with Gasteiger partial charge in [0, 0.05) is 6.54 Å². The van der Waals surface area contributed by atoms with E-state index in [9.17, 15) is 5.11 Å². The molecule has 43 heavy (non-hydrogen) atoms. The number of aliphatic hydroxyl groups excluding tert-OH is 1. The van der Waals surface area contributed by atoms with E-state index in [1.165, 1.54) is 176 Å². The summed E-state index contributed by atoms with van der Waals surface area (Å²) in [4.78, 5) is 2.61. The maximum atomic E-state index is 11.7. The second-order valence-corrected chi connectivity index (χ2v) is 13.5. The van der Waals surface area contributed by atoms with Crippen LogP contribution >= 0.6 is 12.4 Å². The van der Waals surface area contributed by atoms with E-state index in [1.807, 2.05) is 0 Å². The fourth-order valence-corrected chi connectivity index (χ4v) is 7.22. The first kappa shape index (κ1) is 38.1. The van der Waals surface area contributed by atoms with Crippen molar-refractivity contribution in [2.75, 3.05) is 19.6 Å². The van der Waals surface area contributed by atoms with E-state index in [0.29, 0.717) is 0 Å². The number of unbranched alkanes of at least 4 members (excludes halogenated alkanes) is 18. The molecule has 0 saturated carbocycles. The molecule has 0 fully saturated rings. The number of hydrogen-bond acceptors (Lipinski definition) is 2. The van der Waals surface area contributed by atoms with Crippen molar-refractivity contribution < 1.29 is 5.11 Å². The summed E-state index contributed by atoms with van der Waals surface area (Å²) in [6.07, 6.45) is 32.1. The average molecular weight is 614 g/mol. The largest absolute Gasteiger partial charge is 0.387 e. The van der Waals surface area contributed by atoms with Gasteiger partial charge in [-0.2, -0.15) is 0 Å². The van der Waals surface area contributed by atoms with E-state index in [-0.39, 0.29) is 12.4 Å². The zero-order valence-corrected chi connectivity index (χ0v) is 29.2. The van der Waals surface area contributed by atoms with Crippen LogP contribution in [0.5, 0.6) is 0 Å². The Labute approximate surface area is 273 Å². The molecule has 0 radical (unpaired) electrons. The lowest BCUT2D eigenvalue weighted by atomic mass is 9.84. The number of rotatable bonds is 25. The molecule has 1 N–H and O–H groups in total. The van der Waals surface area contributed by atoms with Gasteiger partial charge >= 0.3 is 0 Å². The predicted molar refractivity (Wildman–Crippen MR) is 193 cm³/mol. The Hall–Kier alpha value is -1.09. The number of aliphatic hydroxyl groups is 1. The minimum Gasteiger partial charge on any atom is -0.387 e. The Bertz CT molecular complexity index is 935. The van der Waals surface area contributed by atoms with Crippen molar-refractivity contribution in [3.63, 3.8) is 0 Å². The van der Waals surface area contributed by atoms with Crippen molar-refractivity contribution in [1.29, 1.82) is 0 Å². The van der Waals surface area contributed by atoms with Crippen LogP contribution in [0.15, 0.2) is 30.3 Å². The molecule has 2 nitrogen and oxygen atoms in total. The first-order chi connectivity index (χ1) is 20.7. The average Bonchev–Trinajstić information content (AvgIpc) is 3.02. The van der Waals surface area contributed by atoms with Gasteiger partial charge in [0.05, 0.1) is 6.10 Å². The molecule has 2 aromatic rings. The second-order valence-electron chi connectivity index (χ2n) is 13.5. The van der Waals surface area contributed by atoms with Gasteiger partial charge in [0.2, 0.25) is 0 Å². The van der Waals surface area contributed by atoms with Gasteiger partial charge in [-0.15, -0.1) is 12.4 Å². The molecular weight excluding hydrogens is 546 g/mol. The van der Waals surface area contributed by atoms with E-state index in [4.69, 9.17) is 0 Å². The third-order valence-corrected chi connectivity index (χ3v) is 9.85. The number of aryl methyl sites for hydroxylation is 2. The Morgan fingerprint density at radius 2 is 1.05 bits per heavy atom. The summed E-state index contributed by atoms with van der Waals surface area (Å²) < 4.78 is 0. The number of nitrogens with zero attached hydrogens (tertiary/aromatic N) is 1. The van der Waals surface area contributed by atoms with Crippen molar-refractivity contribution in [2.45, 2.75) is 174 Å². The molecule has 246 valence electrons. The number of hydrogen-bond donors (Lipinski definition) is 1. The van der Waals surface area contributed by atoms with Gasteiger partial charge in [0.1, 0.15) is 0 Å². The van der Waals surface area contributed by atoms with Crippen molar-refractivity contribution in [3.05, 3.63) is 47.0 Å². The number of halogens is 1. The molecule has 0 aromatic heterocycles. The quantitative estimate of drug-likeness (QED) is 0.113. The second kappa shape index (κ2) is 24.2. The Balaban J connectivity index is 0.00000645. The SMILES string of the molecule is CCCCCCCCCCCCN(CCCCCCCCCCCC)CC(O)c1cc2c(c3ccccc13)CCCC2.Cl. The van der Waals surface area contributed by atoms with Crippen molar-refractivity contribution >= 4 is 23.2 Å². The Morgan fingerprint density at radius 3 is 1.56 bits per heavy atom. The first-order valence-corrected chi connectivity index (χ1v) is 18.7. The Kier molecular flexibility index (Phi) is 21.4. The summed E-state index contributed by atoms with van der Waals surface area (Å²) in [5, 5.41) is 14.3. The number of benzene rings is 2. The highest BCUT2D eigenvalue weighted by atomic mass is 35.5. The van der Waals surface area contributed by atoms with Crippen LogP contribution < -0.4 is 0 Å². The van der Waals surface area contributed by atoms with Crippen LogP contribution in [0.4, 0.5) is 0 Å². The third-order valence-electron chi connectivity index (χ3n) is 9.85. The predicted octanol–water partition coefficient (Wildman–Crippen LogP) is 12.3. The van der Waals surface area contributed by atoms with Gasteiger partial charge in [-0.05, 0) is 79.1 Å². The molecule has 0 aliphatic heterocycles. The highest BCUT2D eigenvalue weighted by Crippen LogP contribution is 2.34. The van der Waals surface area contributed by atoms with E-state index >= 15 is 0 Å². The molecule has 0 saturated heterocycles. The molecule has 0 amide bonds. The number of fused-ring (bicyclic) bond motifs is 3. The molecule has 3 rings (SSSR count).